The molecule has 0 saturated heterocycles. The molecular weight excluding hydrogens is 414 g/mol. The van der Waals surface area contributed by atoms with E-state index in [1.54, 1.807) is 62.1 Å². The van der Waals surface area contributed by atoms with Crippen molar-refractivity contribution in [1.29, 1.82) is 5.26 Å². The van der Waals surface area contributed by atoms with Gasteiger partial charge in [0.05, 0.1) is 34.3 Å². The van der Waals surface area contributed by atoms with Gasteiger partial charge in [0.25, 0.3) is 5.56 Å². The lowest BCUT2D eigenvalue weighted by atomic mass is 9.84. The summed E-state index contributed by atoms with van der Waals surface area (Å²) in [7, 11) is 0. The number of rotatable bonds is 4. The Morgan fingerprint density at radius 3 is 2.52 bits per heavy atom. The molecule has 0 bridgehead atoms. The topological polar surface area (TPSA) is 124 Å². The highest BCUT2D eigenvalue weighted by Gasteiger charge is 2.36. The zero-order valence-corrected chi connectivity index (χ0v) is 17.3. The van der Waals surface area contributed by atoms with Gasteiger partial charge in [-0.2, -0.15) is 5.26 Å². The molecule has 31 heavy (non-hydrogen) atoms. The van der Waals surface area contributed by atoms with Crippen LogP contribution in [-0.4, -0.2) is 27.1 Å². The SMILES string of the molecule is CCOC(=O)C1=C(N)n2c(s/c(=C\c3ccncc3)c2=O)=C(C#N)[C@@H]1c1ccncc1. The molecule has 4 heterocycles. The second-order valence-electron chi connectivity index (χ2n) is 6.60. The quantitative estimate of drug-likeness (QED) is 0.603. The van der Waals surface area contributed by atoms with Crippen LogP contribution in [0.3, 0.4) is 0 Å². The predicted octanol–water partition coefficient (Wildman–Crippen LogP) is 0.691. The molecule has 0 aliphatic carbocycles. The van der Waals surface area contributed by atoms with Crippen LogP contribution in [-0.2, 0) is 9.53 Å². The molecule has 0 saturated carbocycles. The first-order valence-corrected chi connectivity index (χ1v) is 10.2. The van der Waals surface area contributed by atoms with Gasteiger partial charge in [-0.3, -0.25) is 19.3 Å². The van der Waals surface area contributed by atoms with Crippen LogP contribution < -0.4 is 20.5 Å². The van der Waals surface area contributed by atoms with Gasteiger partial charge < -0.3 is 10.5 Å². The molecular formula is C22H17N5O3S. The van der Waals surface area contributed by atoms with Gasteiger partial charge in [0.2, 0.25) is 0 Å². The van der Waals surface area contributed by atoms with Gasteiger partial charge in [-0.1, -0.05) is 0 Å². The molecule has 1 aliphatic rings. The van der Waals surface area contributed by atoms with E-state index < -0.39 is 17.4 Å². The van der Waals surface area contributed by atoms with Gasteiger partial charge in [0.1, 0.15) is 10.5 Å². The molecule has 3 aromatic rings. The van der Waals surface area contributed by atoms with Crippen molar-refractivity contribution in [3.05, 3.63) is 85.3 Å². The second kappa shape index (κ2) is 8.38. The van der Waals surface area contributed by atoms with E-state index in [9.17, 15) is 14.9 Å². The summed E-state index contributed by atoms with van der Waals surface area (Å²) in [4.78, 5) is 34.0. The molecule has 1 atom stereocenters. The van der Waals surface area contributed by atoms with Gasteiger partial charge in [-0.05, 0) is 48.4 Å². The van der Waals surface area contributed by atoms with Crippen LogP contribution in [0.4, 0.5) is 0 Å². The molecule has 154 valence electrons. The lowest BCUT2D eigenvalue weighted by molar-refractivity contribution is -0.138. The minimum Gasteiger partial charge on any atom is -0.463 e. The number of pyridine rings is 2. The maximum absolute atomic E-state index is 13.2. The molecule has 0 spiro atoms. The minimum absolute atomic E-state index is 0.0371. The van der Waals surface area contributed by atoms with E-state index in [0.29, 0.717) is 14.8 Å². The molecule has 0 aromatic carbocycles. The Bertz CT molecular complexity index is 1400. The van der Waals surface area contributed by atoms with E-state index in [0.717, 1.165) is 16.9 Å². The number of thiazole rings is 1. The van der Waals surface area contributed by atoms with Gasteiger partial charge >= 0.3 is 5.97 Å². The Morgan fingerprint density at radius 2 is 1.90 bits per heavy atom. The van der Waals surface area contributed by atoms with E-state index in [1.165, 1.54) is 4.57 Å². The largest absolute Gasteiger partial charge is 0.463 e. The lowest BCUT2D eigenvalue weighted by Gasteiger charge is -2.24. The summed E-state index contributed by atoms with van der Waals surface area (Å²) < 4.78 is 7.21. The van der Waals surface area contributed by atoms with Gasteiger partial charge in [-0.15, -0.1) is 11.3 Å². The average Bonchev–Trinajstić information content (AvgIpc) is 3.11. The molecule has 4 rings (SSSR count). The minimum atomic E-state index is -0.765. The zero-order valence-electron chi connectivity index (χ0n) is 16.5. The molecule has 2 N–H and O–H groups in total. The van der Waals surface area contributed by atoms with E-state index in [1.807, 2.05) is 0 Å². The normalized spacial score (nSPS) is 16.1. The van der Waals surface area contributed by atoms with E-state index in [-0.39, 0.29) is 23.6 Å². The number of fused-ring (bicyclic) bond motifs is 1. The van der Waals surface area contributed by atoms with Crippen LogP contribution in [0.2, 0.25) is 0 Å². The Kier molecular flexibility index (Phi) is 5.47. The second-order valence-corrected chi connectivity index (χ2v) is 7.63. The van der Waals surface area contributed by atoms with Crippen LogP contribution in [0.15, 0.2) is 59.4 Å². The van der Waals surface area contributed by atoms with Crippen molar-refractivity contribution >= 4 is 34.8 Å². The first kappa shape index (κ1) is 20.3. The summed E-state index contributed by atoms with van der Waals surface area (Å²) in [6.07, 6.45) is 8.09. The highest BCUT2D eigenvalue weighted by atomic mass is 32.1. The molecule has 1 aliphatic heterocycles. The summed E-state index contributed by atoms with van der Waals surface area (Å²) in [6, 6.07) is 9.13. The first-order chi connectivity index (χ1) is 15.1. The third-order valence-corrected chi connectivity index (χ3v) is 5.92. The number of carbonyl (C=O) groups excluding carboxylic acids is 1. The Morgan fingerprint density at radius 1 is 1.26 bits per heavy atom. The maximum atomic E-state index is 13.2. The molecule has 8 nitrogen and oxygen atoms in total. The van der Waals surface area contributed by atoms with Crippen molar-refractivity contribution in [2.75, 3.05) is 6.61 Å². The number of nitrogens with two attached hydrogens (primary N) is 1. The van der Waals surface area contributed by atoms with Crippen LogP contribution in [0.1, 0.15) is 24.0 Å². The van der Waals surface area contributed by atoms with Crippen LogP contribution >= 0.6 is 11.3 Å². The summed E-state index contributed by atoms with van der Waals surface area (Å²) in [5.74, 6) is -1.47. The van der Waals surface area contributed by atoms with Gasteiger partial charge in [-0.25, -0.2) is 4.79 Å². The van der Waals surface area contributed by atoms with E-state index >= 15 is 0 Å². The van der Waals surface area contributed by atoms with Crippen molar-refractivity contribution in [1.82, 2.24) is 14.5 Å². The van der Waals surface area contributed by atoms with Gasteiger partial charge in [0.15, 0.2) is 0 Å². The Hall–Kier alpha value is -4.03. The van der Waals surface area contributed by atoms with Crippen molar-refractivity contribution in [2.24, 2.45) is 5.73 Å². The monoisotopic (exact) mass is 431 g/mol. The summed E-state index contributed by atoms with van der Waals surface area (Å²) in [5.41, 5.74) is 7.71. The van der Waals surface area contributed by atoms with E-state index in [2.05, 4.69) is 16.0 Å². The molecule has 0 amide bonds. The highest BCUT2D eigenvalue weighted by molar-refractivity contribution is 7.07. The molecule has 0 radical (unpaired) electrons. The lowest BCUT2D eigenvalue weighted by Crippen LogP contribution is -2.40. The number of ether oxygens (including phenoxy) is 1. The molecule has 0 unspecified atom stereocenters. The zero-order chi connectivity index (χ0) is 22.0. The van der Waals surface area contributed by atoms with Gasteiger partial charge in [0, 0.05) is 24.8 Å². The number of nitriles is 1. The van der Waals surface area contributed by atoms with Crippen LogP contribution in [0, 0.1) is 11.3 Å². The first-order valence-electron chi connectivity index (χ1n) is 9.41. The number of nitrogens with zero attached hydrogens (tertiary/aromatic N) is 4. The summed E-state index contributed by atoms with van der Waals surface area (Å²) in [5, 5.41) is 10.0. The fourth-order valence-corrected chi connectivity index (χ4v) is 4.59. The molecule has 9 heteroatoms. The smallest absolute Gasteiger partial charge is 0.338 e. The van der Waals surface area contributed by atoms with Crippen molar-refractivity contribution in [3.63, 3.8) is 0 Å². The standard InChI is InChI=1S/C22H17N5O3S/c1-2-30-22(29)18-17(14-5-9-26-10-6-14)15(12-23)21-27(19(18)24)20(28)16(31-21)11-13-3-7-25-8-4-13/h3-11,17H,2,24H2,1H3/b16-11-/t17-/m0/s1. The molecule has 0 fully saturated rings. The third kappa shape index (κ3) is 3.53. The number of hydrogen-bond donors (Lipinski definition) is 1. The summed E-state index contributed by atoms with van der Waals surface area (Å²) >= 11 is 1.15. The summed E-state index contributed by atoms with van der Waals surface area (Å²) in [6.45, 7) is 1.81. The Balaban J connectivity index is 2.07. The van der Waals surface area contributed by atoms with Crippen molar-refractivity contribution in [3.8, 4) is 6.07 Å². The number of esters is 1. The number of aromatic nitrogens is 3. The van der Waals surface area contributed by atoms with Crippen LogP contribution in [0.25, 0.3) is 17.5 Å². The number of hydrogen-bond acceptors (Lipinski definition) is 8. The highest BCUT2D eigenvalue weighted by Crippen LogP contribution is 2.36. The predicted molar refractivity (Wildman–Crippen MR) is 116 cm³/mol. The van der Waals surface area contributed by atoms with Crippen LogP contribution in [0.5, 0.6) is 0 Å². The average molecular weight is 431 g/mol. The molecule has 3 aromatic heterocycles. The number of carbonyl (C=O) groups is 1. The fraction of sp³-hybridized carbons (Fsp3) is 0.136. The Labute approximate surface area is 180 Å². The maximum Gasteiger partial charge on any atom is 0.338 e. The van der Waals surface area contributed by atoms with Crippen molar-refractivity contribution in [2.45, 2.75) is 12.8 Å². The third-order valence-electron chi connectivity index (χ3n) is 4.81. The van der Waals surface area contributed by atoms with E-state index in [4.69, 9.17) is 10.5 Å². The fourth-order valence-electron chi connectivity index (χ4n) is 3.46. The van der Waals surface area contributed by atoms with Crippen molar-refractivity contribution < 1.29 is 9.53 Å².